The van der Waals surface area contributed by atoms with Crippen LogP contribution in [-0.2, 0) is 18.4 Å². The fraction of sp³-hybridized carbons (Fsp3) is 0.211. The lowest BCUT2D eigenvalue weighted by molar-refractivity contribution is -0.113. The van der Waals surface area contributed by atoms with Gasteiger partial charge < -0.3 is 14.6 Å². The number of aryl methyl sites for hydroxylation is 1. The van der Waals surface area contributed by atoms with E-state index in [4.69, 9.17) is 16.3 Å². The van der Waals surface area contributed by atoms with Crippen LogP contribution in [0.1, 0.15) is 11.4 Å². The number of carbonyl (C=O) groups excluding carboxylic acids is 1. The molecule has 3 rings (SSSR count). The molecule has 1 N–H and O–H groups in total. The molecular formula is C19H18ClFN4O2S. The van der Waals surface area contributed by atoms with Gasteiger partial charge in [0.1, 0.15) is 18.2 Å². The molecule has 0 bridgehead atoms. The molecule has 0 saturated heterocycles. The third-order valence-corrected chi connectivity index (χ3v) is 5.16. The van der Waals surface area contributed by atoms with Gasteiger partial charge >= 0.3 is 0 Å². The third kappa shape index (κ3) is 5.24. The summed E-state index contributed by atoms with van der Waals surface area (Å²) in [5.74, 6) is 0.552. The van der Waals surface area contributed by atoms with Gasteiger partial charge in [0.2, 0.25) is 5.91 Å². The third-order valence-electron chi connectivity index (χ3n) is 3.84. The summed E-state index contributed by atoms with van der Waals surface area (Å²) in [5, 5.41) is 11.8. The minimum absolute atomic E-state index is 0.116. The molecule has 2 aromatic carbocycles. The predicted molar refractivity (Wildman–Crippen MR) is 107 cm³/mol. The summed E-state index contributed by atoms with van der Waals surface area (Å²) in [6.07, 6.45) is 0. The molecule has 0 fully saturated rings. The molecule has 146 valence electrons. The lowest BCUT2D eigenvalue weighted by Crippen LogP contribution is -2.14. The number of thioether (sulfide) groups is 1. The zero-order valence-corrected chi connectivity index (χ0v) is 16.9. The van der Waals surface area contributed by atoms with E-state index in [1.165, 1.54) is 30.0 Å². The number of rotatable bonds is 7. The Kier molecular flexibility index (Phi) is 6.53. The van der Waals surface area contributed by atoms with Crippen LogP contribution in [0.4, 0.5) is 10.1 Å². The van der Waals surface area contributed by atoms with Crippen LogP contribution in [0.15, 0.2) is 47.6 Å². The van der Waals surface area contributed by atoms with Crippen LogP contribution in [0.2, 0.25) is 5.02 Å². The first-order valence-corrected chi connectivity index (χ1v) is 9.74. The molecule has 0 aliphatic rings. The molecule has 6 nitrogen and oxygen atoms in total. The molecule has 0 saturated carbocycles. The van der Waals surface area contributed by atoms with Crippen molar-refractivity contribution in [2.45, 2.75) is 18.7 Å². The molecule has 0 unspecified atom stereocenters. The number of nitrogens with one attached hydrogen (secondary N) is 1. The maximum Gasteiger partial charge on any atom is 0.234 e. The highest BCUT2D eigenvalue weighted by Gasteiger charge is 2.13. The summed E-state index contributed by atoms with van der Waals surface area (Å²) in [7, 11) is 1.78. The molecule has 1 heterocycles. The maximum atomic E-state index is 13.1. The first-order chi connectivity index (χ1) is 13.4. The van der Waals surface area contributed by atoms with Crippen molar-refractivity contribution in [1.29, 1.82) is 0 Å². The highest BCUT2D eigenvalue weighted by Crippen LogP contribution is 2.26. The van der Waals surface area contributed by atoms with Crippen LogP contribution in [-0.4, -0.2) is 26.4 Å². The fourth-order valence-corrected chi connectivity index (χ4v) is 3.25. The van der Waals surface area contributed by atoms with Gasteiger partial charge in [-0.15, -0.1) is 10.2 Å². The van der Waals surface area contributed by atoms with Crippen molar-refractivity contribution in [1.82, 2.24) is 14.8 Å². The van der Waals surface area contributed by atoms with Crippen LogP contribution in [0, 0.1) is 12.7 Å². The van der Waals surface area contributed by atoms with Gasteiger partial charge in [0, 0.05) is 12.7 Å². The topological polar surface area (TPSA) is 69.0 Å². The second kappa shape index (κ2) is 9.07. The van der Waals surface area contributed by atoms with E-state index in [9.17, 15) is 9.18 Å². The number of carbonyl (C=O) groups is 1. The number of amides is 1. The van der Waals surface area contributed by atoms with Crippen LogP contribution in [0.25, 0.3) is 0 Å². The Labute approximate surface area is 171 Å². The zero-order chi connectivity index (χ0) is 20.1. The Morgan fingerprint density at radius 2 is 2.00 bits per heavy atom. The minimum atomic E-state index is -0.432. The van der Waals surface area contributed by atoms with Crippen molar-refractivity contribution in [3.8, 4) is 5.75 Å². The Bertz CT molecular complexity index is 979. The SMILES string of the molecule is Cc1ccc(NC(=O)CSc2nnc(COc3ccc(F)cc3Cl)n2C)cc1. The molecule has 28 heavy (non-hydrogen) atoms. The van der Waals surface area contributed by atoms with Crippen molar-refractivity contribution in [2.75, 3.05) is 11.1 Å². The summed E-state index contributed by atoms with van der Waals surface area (Å²) < 4.78 is 20.4. The molecule has 0 spiro atoms. The summed E-state index contributed by atoms with van der Waals surface area (Å²) >= 11 is 7.22. The molecule has 9 heteroatoms. The number of aromatic nitrogens is 3. The summed E-state index contributed by atoms with van der Waals surface area (Å²) in [6.45, 7) is 2.10. The Hall–Kier alpha value is -2.58. The molecule has 0 atom stereocenters. The number of halogens is 2. The molecular weight excluding hydrogens is 403 g/mol. The van der Waals surface area contributed by atoms with Gasteiger partial charge in [-0.25, -0.2) is 4.39 Å². The molecule has 0 radical (unpaired) electrons. The number of anilines is 1. The highest BCUT2D eigenvalue weighted by atomic mass is 35.5. The number of hydrogen-bond acceptors (Lipinski definition) is 5. The lowest BCUT2D eigenvalue weighted by atomic mass is 10.2. The van der Waals surface area contributed by atoms with E-state index in [2.05, 4.69) is 15.5 Å². The van der Waals surface area contributed by atoms with Crippen LogP contribution < -0.4 is 10.1 Å². The Morgan fingerprint density at radius 3 is 2.71 bits per heavy atom. The largest absolute Gasteiger partial charge is 0.484 e. The van der Waals surface area contributed by atoms with Crippen molar-refractivity contribution in [3.05, 3.63) is 64.7 Å². The van der Waals surface area contributed by atoms with Gasteiger partial charge in [0.25, 0.3) is 0 Å². The second-order valence-electron chi connectivity index (χ2n) is 6.02. The normalized spacial score (nSPS) is 10.7. The summed E-state index contributed by atoms with van der Waals surface area (Å²) in [6, 6.07) is 11.5. The van der Waals surface area contributed by atoms with E-state index < -0.39 is 5.82 Å². The van der Waals surface area contributed by atoms with E-state index in [0.717, 1.165) is 11.3 Å². The maximum absolute atomic E-state index is 13.1. The van der Waals surface area contributed by atoms with Gasteiger partial charge in [-0.05, 0) is 37.3 Å². The van der Waals surface area contributed by atoms with Crippen molar-refractivity contribution >= 4 is 35.0 Å². The Morgan fingerprint density at radius 1 is 1.25 bits per heavy atom. The first kappa shape index (κ1) is 20.2. The van der Waals surface area contributed by atoms with Gasteiger partial charge in [-0.1, -0.05) is 41.1 Å². The van der Waals surface area contributed by atoms with Gasteiger partial charge in [-0.2, -0.15) is 0 Å². The van der Waals surface area contributed by atoms with Crippen molar-refractivity contribution in [2.24, 2.45) is 7.05 Å². The summed E-state index contributed by atoms with van der Waals surface area (Å²) in [5.41, 5.74) is 1.88. The number of benzene rings is 2. The predicted octanol–water partition coefficient (Wildman–Crippen LogP) is 4.23. The van der Waals surface area contributed by atoms with Crippen LogP contribution >= 0.6 is 23.4 Å². The molecule has 0 aliphatic heterocycles. The number of ether oxygens (including phenoxy) is 1. The average molecular weight is 421 g/mol. The van der Waals surface area contributed by atoms with E-state index >= 15 is 0 Å². The monoisotopic (exact) mass is 420 g/mol. The quantitative estimate of drug-likeness (QED) is 0.579. The van der Waals surface area contributed by atoms with Gasteiger partial charge in [-0.3, -0.25) is 4.79 Å². The van der Waals surface area contributed by atoms with Crippen LogP contribution in [0.5, 0.6) is 5.75 Å². The van der Waals surface area contributed by atoms with E-state index in [-0.39, 0.29) is 23.3 Å². The van der Waals surface area contributed by atoms with E-state index in [0.29, 0.717) is 16.7 Å². The zero-order valence-electron chi connectivity index (χ0n) is 15.3. The second-order valence-corrected chi connectivity index (χ2v) is 7.37. The molecule has 3 aromatic rings. The van der Waals surface area contributed by atoms with Gasteiger partial charge in [0.05, 0.1) is 10.8 Å². The molecule has 1 aromatic heterocycles. The molecule has 0 aliphatic carbocycles. The first-order valence-electron chi connectivity index (χ1n) is 8.38. The fourth-order valence-electron chi connectivity index (χ4n) is 2.30. The van der Waals surface area contributed by atoms with E-state index in [1.54, 1.807) is 11.6 Å². The molecule has 1 amide bonds. The summed E-state index contributed by atoms with van der Waals surface area (Å²) in [4.78, 5) is 12.1. The standard InChI is InChI=1S/C19H18ClFN4O2S/c1-12-3-6-14(7-4-12)22-18(26)11-28-19-24-23-17(25(19)2)10-27-16-8-5-13(21)9-15(16)20/h3-9H,10-11H2,1-2H3,(H,22,26). The van der Waals surface area contributed by atoms with Gasteiger partial charge in [0.15, 0.2) is 11.0 Å². The van der Waals surface area contributed by atoms with Crippen LogP contribution in [0.3, 0.4) is 0 Å². The Balaban J connectivity index is 1.54. The minimum Gasteiger partial charge on any atom is -0.484 e. The smallest absolute Gasteiger partial charge is 0.234 e. The van der Waals surface area contributed by atoms with E-state index in [1.807, 2.05) is 31.2 Å². The number of hydrogen-bond donors (Lipinski definition) is 1. The number of nitrogens with zero attached hydrogens (tertiary/aromatic N) is 3. The van der Waals surface area contributed by atoms with Crippen molar-refractivity contribution < 1.29 is 13.9 Å². The highest BCUT2D eigenvalue weighted by molar-refractivity contribution is 7.99. The van der Waals surface area contributed by atoms with Crippen molar-refractivity contribution in [3.63, 3.8) is 0 Å². The average Bonchev–Trinajstić information content (AvgIpc) is 3.01. The lowest BCUT2D eigenvalue weighted by Gasteiger charge is -2.08.